The monoisotopic (exact) mass is 338 g/mol. The molecule has 0 saturated heterocycles. The van der Waals surface area contributed by atoms with E-state index in [1.54, 1.807) is 0 Å². The minimum Gasteiger partial charge on any atom is -0.412 e. The van der Waals surface area contributed by atoms with Gasteiger partial charge in [-0.15, -0.1) is 0 Å². The average molecular weight is 338 g/mol. The van der Waals surface area contributed by atoms with Gasteiger partial charge >= 0.3 is 10.4 Å². The van der Waals surface area contributed by atoms with Gasteiger partial charge in [0, 0.05) is 0 Å². The van der Waals surface area contributed by atoms with E-state index >= 15 is 0 Å². The zero-order valence-electron chi connectivity index (χ0n) is 12.9. The Morgan fingerprint density at radius 2 is 1.05 bits per heavy atom. The second kappa shape index (κ2) is 22.0. The predicted molar refractivity (Wildman–Crippen MR) is 83.8 cm³/mol. The fraction of sp³-hybridized carbons (Fsp3) is 1.00. The van der Waals surface area contributed by atoms with Crippen molar-refractivity contribution in [2.24, 2.45) is 0 Å². The van der Waals surface area contributed by atoms with Crippen molar-refractivity contribution >= 4 is 10.4 Å². The predicted octanol–water partition coefficient (Wildman–Crippen LogP) is 0.428. The first-order chi connectivity index (χ1) is 8.06. The van der Waals surface area contributed by atoms with Crippen LogP contribution in [0, 0.1) is 0 Å². The van der Waals surface area contributed by atoms with E-state index in [1.165, 1.54) is 44.9 Å². The quantitative estimate of drug-likeness (QED) is 0.398. The first-order valence-corrected chi connectivity index (χ1v) is 8.04. The number of hydrogen-bond acceptors (Lipinski definition) is 3. The van der Waals surface area contributed by atoms with Gasteiger partial charge < -0.3 is 21.9 Å². The van der Waals surface area contributed by atoms with Gasteiger partial charge in [-0.25, -0.2) is 4.18 Å². The van der Waals surface area contributed by atoms with E-state index in [4.69, 9.17) is 4.55 Å². The lowest BCUT2D eigenvalue weighted by atomic mass is 10.1. The summed E-state index contributed by atoms with van der Waals surface area (Å²) in [6.45, 7) is 2.31. The maximum atomic E-state index is 10.2. The molecule has 0 heterocycles. The van der Waals surface area contributed by atoms with Gasteiger partial charge in [-0.3, -0.25) is 4.55 Å². The average Bonchev–Trinajstić information content (AvgIpc) is 2.24. The van der Waals surface area contributed by atoms with Crippen LogP contribution in [0.4, 0.5) is 0 Å². The third kappa shape index (κ3) is 32.9. The normalized spacial score (nSPS) is 9.62. The van der Waals surface area contributed by atoms with Crippen LogP contribution in [0.3, 0.4) is 0 Å². The van der Waals surface area contributed by atoms with E-state index in [1.807, 2.05) is 0 Å². The molecular formula is C12H34O8S. The molecule has 0 aromatic rings. The Balaban J connectivity index is -0.000000213. The van der Waals surface area contributed by atoms with Crippen molar-refractivity contribution < 1.29 is 39.1 Å². The minimum atomic E-state index is -4.23. The van der Waals surface area contributed by atoms with Gasteiger partial charge in [0.25, 0.3) is 0 Å². The van der Waals surface area contributed by atoms with E-state index in [-0.39, 0.29) is 28.5 Å². The third-order valence-corrected chi connectivity index (χ3v) is 3.19. The van der Waals surface area contributed by atoms with Crippen LogP contribution >= 0.6 is 0 Å². The van der Waals surface area contributed by atoms with Crippen molar-refractivity contribution in [1.82, 2.24) is 0 Å². The molecule has 0 bridgehead atoms. The first-order valence-electron chi connectivity index (χ1n) is 6.68. The van der Waals surface area contributed by atoms with Gasteiger partial charge in [0.05, 0.1) is 6.61 Å². The summed E-state index contributed by atoms with van der Waals surface area (Å²) < 4.78 is 33.0. The Bertz CT molecular complexity index is 256. The second-order valence-electron chi connectivity index (χ2n) is 4.43. The fourth-order valence-corrected chi connectivity index (χ4v) is 2.08. The number of rotatable bonds is 12. The van der Waals surface area contributed by atoms with Crippen LogP contribution in [0.15, 0.2) is 0 Å². The summed E-state index contributed by atoms with van der Waals surface area (Å²) >= 11 is 0. The van der Waals surface area contributed by atoms with Crippen molar-refractivity contribution in [3.05, 3.63) is 0 Å². The molecule has 0 spiro atoms. The lowest BCUT2D eigenvalue weighted by Crippen LogP contribution is -2.04. The highest BCUT2D eigenvalue weighted by molar-refractivity contribution is 7.80. The van der Waals surface area contributed by atoms with Gasteiger partial charge in [0.2, 0.25) is 0 Å². The molecule has 0 aliphatic carbocycles. The van der Waals surface area contributed by atoms with Crippen LogP contribution in [0.2, 0.25) is 0 Å². The highest BCUT2D eigenvalue weighted by Crippen LogP contribution is 2.10. The zero-order valence-corrected chi connectivity index (χ0v) is 13.7. The molecule has 0 amide bonds. The fourth-order valence-electron chi connectivity index (χ4n) is 1.75. The van der Waals surface area contributed by atoms with Crippen molar-refractivity contribution in [2.75, 3.05) is 6.61 Å². The van der Waals surface area contributed by atoms with Crippen LogP contribution in [-0.4, -0.2) is 41.5 Å². The summed E-state index contributed by atoms with van der Waals surface area (Å²) in [4.78, 5) is 0. The van der Waals surface area contributed by atoms with Gasteiger partial charge in [0.1, 0.15) is 0 Å². The summed E-state index contributed by atoms with van der Waals surface area (Å²) in [7, 11) is -4.23. The van der Waals surface area contributed by atoms with Crippen LogP contribution in [0.25, 0.3) is 0 Å². The summed E-state index contributed by atoms with van der Waals surface area (Å²) in [5, 5.41) is 0. The molecule has 8 nitrogen and oxygen atoms in total. The maximum absolute atomic E-state index is 10.2. The molecule has 0 unspecified atom stereocenters. The molecule has 136 valence electrons. The number of unbranched alkanes of at least 4 members (excludes halogenated alkanes) is 9. The summed E-state index contributed by atoms with van der Waals surface area (Å²) in [5.41, 5.74) is 0. The van der Waals surface area contributed by atoms with Crippen molar-refractivity contribution in [3.8, 4) is 0 Å². The Kier molecular flexibility index (Phi) is 34.1. The smallest absolute Gasteiger partial charge is 0.397 e. The van der Waals surface area contributed by atoms with Crippen molar-refractivity contribution in [1.29, 1.82) is 0 Å². The van der Waals surface area contributed by atoms with Crippen LogP contribution in [-0.2, 0) is 14.6 Å². The molecule has 9 heteroatoms. The first kappa shape index (κ1) is 32.6. The third-order valence-electron chi connectivity index (χ3n) is 2.73. The van der Waals surface area contributed by atoms with E-state index in [9.17, 15) is 8.42 Å². The summed E-state index contributed by atoms with van der Waals surface area (Å²) in [6.07, 6.45) is 11.9. The Morgan fingerprint density at radius 3 is 1.38 bits per heavy atom. The SMILES string of the molecule is CCCCCCCCCCCCOS(=O)(=O)O.O.O.O.O. The molecule has 21 heavy (non-hydrogen) atoms. The summed E-state index contributed by atoms with van der Waals surface area (Å²) in [5.74, 6) is 0. The molecule has 0 aromatic carbocycles. The Morgan fingerprint density at radius 1 is 0.714 bits per heavy atom. The Labute approximate surface area is 128 Å². The topological polar surface area (TPSA) is 190 Å². The lowest BCUT2D eigenvalue weighted by Gasteiger charge is -2.02. The molecule has 0 aliphatic rings. The van der Waals surface area contributed by atoms with Gasteiger partial charge in [-0.05, 0) is 6.42 Å². The van der Waals surface area contributed by atoms with Crippen LogP contribution < -0.4 is 0 Å². The minimum absolute atomic E-state index is 0. The molecule has 0 atom stereocenters. The van der Waals surface area contributed by atoms with E-state index in [0.717, 1.165) is 12.8 Å². The highest BCUT2D eigenvalue weighted by atomic mass is 32.3. The van der Waals surface area contributed by atoms with Crippen LogP contribution in [0.5, 0.6) is 0 Å². The zero-order chi connectivity index (χ0) is 13.0. The molecule has 9 N–H and O–H groups in total. The lowest BCUT2D eigenvalue weighted by molar-refractivity contribution is 0.261. The number of hydrogen-bond donors (Lipinski definition) is 1. The molecule has 0 radical (unpaired) electrons. The molecular weight excluding hydrogens is 304 g/mol. The van der Waals surface area contributed by atoms with Crippen molar-refractivity contribution in [3.63, 3.8) is 0 Å². The Hall–Kier alpha value is -0.290. The molecule has 0 saturated carbocycles. The van der Waals surface area contributed by atoms with E-state index < -0.39 is 10.4 Å². The summed E-state index contributed by atoms with van der Waals surface area (Å²) in [6, 6.07) is 0. The molecule has 0 rings (SSSR count). The molecule has 0 aliphatic heterocycles. The molecule has 0 fully saturated rings. The standard InChI is InChI=1S/C12H26O4S.4H2O/c1-2-3-4-5-6-7-8-9-10-11-12-16-17(13,14)15;;;;/h2-12H2,1H3,(H,13,14,15);4*1H2. The van der Waals surface area contributed by atoms with Gasteiger partial charge in [-0.2, -0.15) is 8.42 Å². The van der Waals surface area contributed by atoms with Crippen LogP contribution in [0.1, 0.15) is 71.1 Å². The highest BCUT2D eigenvalue weighted by Gasteiger charge is 2.02. The second-order valence-corrected chi connectivity index (χ2v) is 5.52. The largest absolute Gasteiger partial charge is 0.412 e. The van der Waals surface area contributed by atoms with Crippen molar-refractivity contribution in [2.45, 2.75) is 71.1 Å². The molecule has 0 aromatic heterocycles. The van der Waals surface area contributed by atoms with E-state index in [2.05, 4.69) is 11.1 Å². The van der Waals surface area contributed by atoms with Gasteiger partial charge in [-0.1, -0.05) is 64.7 Å². The van der Waals surface area contributed by atoms with E-state index in [0.29, 0.717) is 6.42 Å². The maximum Gasteiger partial charge on any atom is 0.397 e. The van der Waals surface area contributed by atoms with Gasteiger partial charge in [0.15, 0.2) is 0 Å².